The van der Waals surface area contributed by atoms with Crippen LogP contribution in [0.1, 0.15) is 95.7 Å². The highest BCUT2D eigenvalue weighted by molar-refractivity contribution is 6.31. The predicted octanol–water partition coefficient (Wildman–Crippen LogP) is 4.36. The van der Waals surface area contributed by atoms with Crippen molar-refractivity contribution in [3.63, 3.8) is 0 Å². The number of aryl methyl sites for hydroxylation is 1. The quantitative estimate of drug-likeness (QED) is 0.291. The van der Waals surface area contributed by atoms with Gasteiger partial charge in [0.25, 0.3) is 17.7 Å². The number of aromatic nitrogens is 2. The third kappa shape index (κ3) is 7.44. The third-order valence-electron chi connectivity index (χ3n) is 13.2. The number of rotatable bonds is 9. The van der Waals surface area contributed by atoms with Gasteiger partial charge in [-0.3, -0.25) is 39.1 Å². The van der Waals surface area contributed by atoms with E-state index in [1.807, 2.05) is 13.0 Å². The Kier molecular flexibility index (Phi) is 10.8. The first-order valence-corrected chi connectivity index (χ1v) is 21.0. The minimum Gasteiger partial charge on any atom is -0.489 e. The van der Waals surface area contributed by atoms with E-state index in [0.29, 0.717) is 45.0 Å². The molecule has 1 aliphatic carbocycles. The molecule has 5 amide bonds. The van der Waals surface area contributed by atoms with Crippen molar-refractivity contribution in [2.45, 2.75) is 78.5 Å². The highest BCUT2D eigenvalue weighted by Crippen LogP contribution is 2.55. The number of anilines is 2. The summed E-state index contributed by atoms with van der Waals surface area (Å²) in [6, 6.07) is 11.2. The Morgan fingerprint density at radius 2 is 1.63 bits per heavy atom. The van der Waals surface area contributed by atoms with Gasteiger partial charge in [0.05, 0.1) is 33.0 Å². The molecular weight excluding hydrogens is 786 g/mol. The van der Waals surface area contributed by atoms with Gasteiger partial charge >= 0.3 is 0 Å². The summed E-state index contributed by atoms with van der Waals surface area (Å²) < 4.78 is 6.38. The average Bonchev–Trinajstić information content (AvgIpc) is 3.47. The topological polar surface area (TPSA) is 181 Å². The number of ether oxygens (including phenoxy) is 1. The van der Waals surface area contributed by atoms with Gasteiger partial charge in [-0.15, -0.1) is 0 Å². The highest BCUT2D eigenvalue weighted by atomic mass is 35.5. The summed E-state index contributed by atoms with van der Waals surface area (Å²) in [4.78, 5) is 81.6. The van der Waals surface area contributed by atoms with Gasteiger partial charge < -0.3 is 19.9 Å². The lowest BCUT2D eigenvalue weighted by Gasteiger charge is -2.63. The van der Waals surface area contributed by atoms with E-state index < -0.39 is 40.5 Å². The zero-order valence-electron chi connectivity index (χ0n) is 34.6. The van der Waals surface area contributed by atoms with Crippen LogP contribution in [0.15, 0.2) is 42.6 Å². The van der Waals surface area contributed by atoms with Gasteiger partial charge in [0.1, 0.15) is 24.0 Å². The van der Waals surface area contributed by atoms with E-state index in [4.69, 9.17) is 21.3 Å². The number of halogens is 1. The van der Waals surface area contributed by atoms with Crippen LogP contribution >= 0.6 is 11.6 Å². The van der Waals surface area contributed by atoms with Crippen molar-refractivity contribution in [2.75, 3.05) is 55.6 Å². The van der Waals surface area contributed by atoms with Crippen molar-refractivity contribution < 1.29 is 28.7 Å². The van der Waals surface area contributed by atoms with Crippen molar-refractivity contribution >= 4 is 52.8 Å². The number of amides is 5. The number of carbonyl (C=O) groups excluding carboxylic acids is 5. The van der Waals surface area contributed by atoms with E-state index >= 15 is 0 Å². The Labute approximate surface area is 354 Å². The maximum atomic E-state index is 13.6. The predicted molar refractivity (Wildman–Crippen MR) is 223 cm³/mol. The molecule has 15 nitrogen and oxygen atoms in total. The number of carbonyl (C=O) groups is 5. The molecule has 2 aromatic carbocycles. The van der Waals surface area contributed by atoms with Gasteiger partial charge in [-0.25, -0.2) is 9.97 Å². The van der Waals surface area contributed by atoms with Crippen LogP contribution in [0.25, 0.3) is 0 Å². The lowest BCUT2D eigenvalue weighted by molar-refractivity contribution is -0.164. The maximum absolute atomic E-state index is 13.6. The molecule has 3 aromatic rings. The first-order valence-electron chi connectivity index (χ1n) is 20.7. The summed E-state index contributed by atoms with van der Waals surface area (Å²) >= 11 is 6.26. The molecule has 4 fully saturated rings. The number of imide groups is 2. The molecule has 60 heavy (non-hydrogen) atoms. The van der Waals surface area contributed by atoms with E-state index in [1.165, 1.54) is 0 Å². The molecule has 8 rings (SSSR count). The van der Waals surface area contributed by atoms with Crippen molar-refractivity contribution in [3.8, 4) is 11.8 Å². The van der Waals surface area contributed by atoms with Gasteiger partial charge in [0, 0.05) is 87.1 Å². The number of piperidine rings is 2. The Balaban J connectivity index is 0.804. The van der Waals surface area contributed by atoms with Crippen molar-refractivity contribution in [2.24, 2.45) is 16.7 Å². The maximum Gasteiger partial charge on any atom is 0.262 e. The van der Waals surface area contributed by atoms with E-state index in [2.05, 4.69) is 64.1 Å². The van der Waals surface area contributed by atoms with Crippen LogP contribution in [0.2, 0.25) is 5.02 Å². The molecule has 0 spiro atoms. The van der Waals surface area contributed by atoms with E-state index in [0.717, 1.165) is 69.2 Å². The van der Waals surface area contributed by atoms with Crippen LogP contribution in [-0.2, 0) is 9.59 Å². The Bertz CT molecular complexity index is 2290. The van der Waals surface area contributed by atoms with Crippen LogP contribution in [0.4, 0.5) is 11.6 Å². The second-order valence-electron chi connectivity index (χ2n) is 17.9. The lowest BCUT2D eigenvalue weighted by Crippen LogP contribution is -2.74. The summed E-state index contributed by atoms with van der Waals surface area (Å²) in [5, 5.41) is 15.1. The number of nitriles is 1. The Morgan fingerprint density at radius 3 is 2.28 bits per heavy atom. The zero-order chi connectivity index (χ0) is 42.7. The molecule has 1 atom stereocenters. The molecule has 16 heteroatoms. The third-order valence-corrected chi connectivity index (χ3v) is 13.5. The summed E-state index contributed by atoms with van der Waals surface area (Å²) in [6.45, 7) is 16.1. The average molecular weight is 836 g/mol. The Hall–Kier alpha value is -5.59. The van der Waals surface area contributed by atoms with Gasteiger partial charge in [-0.2, -0.15) is 5.26 Å². The van der Waals surface area contributed by atoms with Gasteiger partial charge in [-0.05, 0) is 62.4 Å². The van der Waals surface area contributed by atoms with Crippen molar-refractivity contribution in [1.82, 2.24) is 30.4 Å². The number of fused-ring (bicyclic) bond motifs is 1. The number of benzene rings is 2. The number of piperazine rings is 1. The summed E-state index contributed by atoms with van der Waals surface area (Å²) in [5.74, 6) is -0.496. The van der Waals surface area contributed by atoms with Crippen LogP contribution in [0.3, 0.4) is 0 Å². The summed E-state index contributed by atoms with van der Waals surface area (Å²) in [7, 11) is 0. The molecule has 0 bridgehead atoms. The highest BCUT2D eigenvalue weighted by Gasteiger charge is 2.64. The van der Waals surface area contributed by atoms with Crippen LogP contribution in [-0.4, -0.2) is 113 Å². The lowest BCUT2D eigenvalue weighted by atomic mass is 9.49. The van der Waals surface area contributed by atoms with Crippen LogP contribution in [0.5, 0.6) is 5.75 Å². The minimum absolute atomic E-state index is 0.0843. The first-order chi connectivity index (χ1) is 28.6. The second-order valence-corrected chi connectivity index (χ2v) is 18.3. The standard InChI is InChI=1S/C44H50ClN9O6/c1-25-32(36(56)50-40-43(2,3)41(44(40,4)5)60-29-8-6-27(22-46)33(45)21-29)23-47-42(48-25)53-14-12-26(13-15-53)24-51-16-18-52(19-17-51)28-7-9-30-31(20-28)39(59)54(38(30)58)34-10-11-35(55)49-37(34)57/h6-9,20-21,23,26,34,40-41H,10-19,24H2,1-5H3,(H,50,56)(H,49,55,57). The fourth-order valence-electron chi connectivity index (χ4n) is 10.2. The van der Waals surface area contributed by atoms with Crippen LogP contribution < -0.4 is 25.2 Å². The number of hydrogen-bond acceptors (Lipinski definition) is 12. The molecule has 4 aliphatic heterocycles. The molecule has 3 saturated heterocycles. The number of hydrogen-bond donors (Lipinski definition) is 2. The van der Waals surface area contributed by atoms with E-state index in [1.54, 1.807) is 36.5 Å². The summed E-state index contributed by atoms with van der Waals surface area (Å²) in [5.41, 5.74) is 2.10. The van der Waals surface area contributed by atoms with Gasteiger partial charge in [0.15, 0.2) is 0 Å². The largest absolute Gasteiger partial charge is 0.489 e. The monoisotopic (exact) mass is 835 g/mol. The molecule has 5 aliphatic rings. The minimum atomic E-state index is -0.983. The number of nitrogens with zero attached hydrogens (tertiary/aromatic N) is 7. The van der Waals surface area contributed by atoms with Crippen molar-refractivity contribution in [3.05, 3.63) is 75.6 Å². The van der Waals surface area contributed by atoms with Crippen molar-refractivity contribution in [1.29, 1.82) is 5.26 Å². The molecule has 0 radical (unpaired) electrons. The fourth-order valence-corrected chi connectivity index (χ4v) is 10.4. The van der Waals surface area contributed by atoms with E-state index in [-0.39, 0.29) is 36.5 Å². The number of nitrogens with one attached hydrogen (secondary N) is 2. The first kappa shape index (κ1) is 41.2. The fraction of sp³-hybridized carbons (Fsp3) is 0.500. The molecule has 314 valence electrons. The van der Waals surface area contributed by atoms with E-state index in [9.17, 15) is 29.2 Å². The smallest absolute Gasteiger partial charge is 0.262 e. The SMILES string of the molecule is Cc1nc(N2CCC(CN3CCN(c4ccc5c(c4)C(=O)N(C4CCC(=O)NC4=O)C5=O)CC3)CC2)ncc1C(=O)NC1C(C)(C)C(Oc2ccc(C#N)c(Cl)c2)C1(C)C. The molecule has 1 aromatic heterocycles. The zero-order valence-corrected chi connectivity index (χ0v) is 35.3. The second kappa shape index (κ2) is 15.8. The van der Waals surface area contributed by atoms with Crippen LogP contribution in [0, 0.1) is 35.0 Å². The van der Waals surface area contributed by atoms with Gasteiger partial charge in [0.2, 0.25) is 17.8 Å². The molecular formula is C44H50ClN9O6. The summed E-state index contributed by atoms with van der Waals surface area (Å²) in [6.07, 6.45) is 3.63. The molecule has 5 heterocycles. The Morgan fingerprint density at radius 1 is 0.933 bits per heavy atom. The normalized spacial score (nSPS) is 24.1. The molecule has 1 saturated carbocycles. The van der Waals surface area contributed by atoms with Gasteiger partial charge in [-0.1, -0.05) is 39.3 Å². The molecule has 1 unspecified atom stereocenters. The molecule has 2 N–H and O–H groups in total.